The zero-order chi connectivity index (χ0) is 8.97. The first-order valence-corrected chi connectivity index (χ1v) is 5.05. The van der Waals surface area contributed by atoms with E-state index in [1.165, 1.54) is 9.13 Å². The summed E-state index contributed by atoms with van der Waals surface area (Å²) >= 11 is 2.29. The Hall–Kier alpha value is -0.380. The van der Waals surface area contributed by atoms with Crippen molar-refractivity contribution in [2.75, 3.05) is 0 Å². The van der Waals surface area contributed by atoms with Crippen LogP contribution in [-0.2, 0) is 0 Å². The van der Waals surface area contributed by atoms with Gasteiger partial charge in [0.15, 0.2) is 0 Å². The first-order chi connectivity index (χ1) is 5.68. The van der Waals surface area contributed by atoms with Gasteiger partial charge >= 0.3 is 0 Å². The molecule has 1 nitrogen and oxygen atoms in total. The molecule has 1 rings (SSSR count). The Morgan fingerprint density at radius 1 is 1.25 bits per heavy atom. The molecule has 0 spiro atoms. The molecule has 0 saturated carbocycles. The van der Waals surface area contributed by atoms with E-state index in [1.807, 2.05) is 6.21 Å². The third-order valence-electron chi connectivity index (χ3n) is 1.39. The molecule has 12 heavy (non-hydrogen) atoms. The van der Waals surface area contributed by atoms with Crippen LogP contribution in [0.15, 0.2) is 29.3 Å². The zero-order valence-corrected chi connectivity index (χ0v) is 9.45. The number of halogens is 1. The van der Waals surface area contributed by atoms with Crippen molar-refractivity contribution in [3.63, 3.8) is 0 Å². The van der Waals surface area contributed by atoms with Gasteiger partial charge in [0.05, 0.1) is 0 Å². The number of benzene rings is 1. The Morgan fingerprint density at radius 2 is 1.83 bits per heavy atom. The lowest BCUT2D eigenvalue weighted by atomic mass is 10.2. The smallest absolute Gasteiger partial charge is 0.0443 e. The zero-order valence-electron chi connectivity index (χ0n) is 7.29. The third-order valence-corrected chi connectivity index (χ3v) is 2.11. The molecule has 0 aliphatic rings. The molecule has 0 N–H and O–H groups in total. The summed E-state index contributed by atoms with van der Waals surface area (Å²) in [6, 6.07) is 8.70. The van der Waals surface area contributed by atoms with E-state index in [0.717, 1.165) is 0 Å². The molecule has 0 atom stereocenters. The van der Waals surface area contributed by atoms with Gasteiger partial charge in [0.25, 0.3) is 0 Å². The molecular weight excluding hydrogens is 261 g/mol. The topological polar surface area (TPSA) is 12.4 Å². The van der Waals surface area contributed by atoms with Crippen molar-refractivity contribution in [3.8, 4) is 0 Å². The Kier molecular flexibility index (Phi) is 3.72. The second-order valence-corrected chi connectivity index (χ2v) is 4.17. The maximum Gasteiger partial charge on any atom is 0.0443 e. The van der Waals surface area contributed by atoms with Gasteiger partial charge in [-0.3, -0.25) is 4.99 Å². The summed E-state index contributed by atoms with van der Waals surface area (Å²) in [5, 5.41) is 0. The van der Waals surface area contributed by atoms with Crippen molar-refractivity contribution in [2.45, 2.75) is 19.9 Å². The van der Waals surface area contributed by atoms with Crippen LogP contribution in [0.3, 0.4) is 0 Å². The van der Waals surface area contributed by atoms with Crippen LogP contribution in [0.25, 0.3) is 0 Å². The predicted octanol–water partition coefficient (Wildman–Crippen LogP) is 3.12. The van der Waals surface area contributed by atoms with E-state index >= 15 is 0 Å². The second kappa shape index (κ2) is 4.60. The summed E-state index contributed by atoms with van der Waals surface area (Å²) in [5.41, 5.74) is 1.17. The van der Waals surface area contributed by atoms with Crippen molar-refractivity contribution in [1.29, 1.82) is 0 Å². The molecule has 1 aromatic rings. The van der Waals surface area contributed by atoms with Gasteiger partial charge in [-0.15, -0.1) is 0 Å². The van der Waals surface area contributed by atoms with Gasteiger partial charge in [0.1, 0.15) is 0 Å². The predicted molar refractivity (Wildman–Crippen MR) is 61.9 cm³/mol. The standard InChI is InChI=1S/C10H12IN/c1-8(2)12-7-9-3-5-10(11)6-4-9/h3-8H,1-2H3. The fourth-order valence-electron chi connectivity index (χ4n) is 0.784. The van der Waals surface area contributed by atoms with E-state index in [9.17, 15) is 0 Å². The molecule has 0 fully saturated rings. The first kappa shape index (κ1) is 9.71. The average molecular weight is 273 g/mol. The van der Waals surface area contributed by atoms with Crippen LogP contribution in [0.5, 0.6) is 0 Å². The van der Waals surface area contributed by atoms with E-state index in [0.29, 0.717) is 6.04 Å². The van der Waals surface area contributed by atoms with Gasteiger partial charge in [0, 0.05) is 15.8 Å². The maximum atomic E-state index is 4.30. The van der Waals surface area contributed by atoms with Crippen LogP contribution in [0.1, 0.15) is 19.4 Å². The molecule has 0 amide bonds. The number of hydrogen-bond donors (Lipinski definition) is 0. The van der Waals surface area contributed by atoms with E-state index < -0.39 is 0 Å². The highest BCUT2D eigenvalue weighted by Crippen LogP contribution is 2.05. The molecule has 64 valence electrons. The Bertz CT molecular complexity index is 262. The van der Waals surface area contributed by atoms with Crippen molar-refractivity contribution in [2.24, 2.45) is 4.99 Å². The molecule has 0 heterocycles. The highest BCUT2D eigenvalue weighted by Gasteiger charge is 1.88. The van der Waals surface area contributed by atoms with Crippen LogP contribution < -0.4 is 0 Å². The van der Waals surface area contributed by atoms with Crippen molar-refractivity contribution >= 4 is 28.8 Å². The van der Waals surface area contributed by atoms with E-state index in [4.69, 9.17) is 0 Å². The summed E-state index contributed by atoms with van der Waals surface area (Å²) in [5.74, 6) is 0. The lowest BCUT2D eigenvalue weighted by Gasteiger charge is -1.95. The van der Waals surface area contributed by atoms with Crippen LogP contribution in [-0.4, -0.2) is 12.3 Å². The fourth-order valence-corrected chi connectivity index (χ4v) is 1.14. The molecule has 2 heteroatoms. The summed E-state index contributed by atoms with van der Waals surface area (Å²) in [7, 11) is 0. The molecule has 0 bridgehead atoms. The van der Waals surface area contributed by atoms with Gasteiger partial charge in [-0.2, -0.15) is 0 Å². The normalized spacial score (nSPS) is 11.3. The van der Waals surface area contributed by atoms with Crippen LogP contribution >= 0.6 is 22.6 Å². The highest BCUT2D eigenvalue weighted by atomic mass is 127. The van der Waals surface area contributed by atoms with E-state index in [1.54, 1.807) is 0 Å². The Morgan fingerprint density at radius 3 is 2.33 bits per heavy atom. The fraction of sp³-hybridized carbons (Fsp3) is 0.300. The Labute approximate surface area is 87.0 Å². The molecule has 0 saturated heterocycles. The molecule has 0 unspecified atom stereocenters. The summed E-state index contributed by atoms with van der Waals surface area (Å²) in [6.45, 7) is 4.15. The minimum atomic E-state index is 0.379. The van der Waals surface area contributed by atoms with Gasteiger partial charge < -0.3 is 0 Å². The minimum Gasteiger partial charge on any atom is -0.290 e. The van der Waals surface area contributed by atoms with Crippen molar-refractivity contribution in [3.05, 3.63) is 33.4 Å². The summed E-state index contributed by atoms with van der Waals surface area (Å²) < 4.78 is 1.26. The Balaban J connectivity index is 2.71. The summed E-state index contributed by atoms with van der Waals surface area (Å²) in [6.07, 6.45) is 1.92. The number of nitrogens with zero attached hydrogens (tertiary/aromatic N) is 1. The first-order valence-electron chi connectivity index (χ1n) is 3.97. The van der Waals surface area contributed by atoms with Crippen molar-refractivity contribution < 1.29 is 0 Å². The largest absolute Gasteiger partial charge is 0.290 e. The third kappa shape index (κ3) is 3.34. The number of aliphatic imine (C=N–C) groups is 1. The monoisotopic (exact) mass is 273 g/mol. The van der Waals surface area contributed by atoms with Crippen LogP contribution in [0, 0.1) is 3.57 Å². The van der Waals surface area contributed by atoms with Gasteiger partial charge in [0.2, 0.25) is 0 Å². The van der Waals surface area contributed by atoms with Crippen LogP contribution in [0.2, 0.25) is 0 Å². The molecular formula is C10H12IN. The minimum absolute atomic E-state index is 0.379. The van der Waals surface area contributed by atoms with E-state index in [2.05, 4.69) is 65.7 Å². The molecule has 0 aromatic heterocycles. The summed E-state index contributed by atoms with van der Waals surface area (Å²) in [4.78, 5) is 4.30. The van der Waals surface area contributed by atoms with Gasteiger partial charge in [-0.25, -0.2) is 0 Å². The lowest BCUT2D eigenvalue weighted by molar-refractivity contribution is 0.841. The molecule has 1 aromatic carbocycles. The number of hydrogen-bond acceptors (Lipinski definition) is 1. The quantitative estimate of drug-likeness (QED) is 0.580. The second-order valence-electron chi connectivity index (χ2n) is 2.92. The number of rotatable bonds is 2. The van der Waals surface area contributed by atoms with E-state index in [-0.39, 0.29) is 0 Å². The molecule has 0 aliphatic carbocycles. The molecule has 0 radical (unpaired) electrons. The van der Waals surface area contributed by atoms with Gasteiger partial charge in [-0.05, 0) is 54.1 Å². The lowest BCUT2D eigenvalue weighted by Crippen LogP contribution is -1.90. The van der Waals surface area contributed by atoms with Gasteiger partial charge in [-0.1, -0.05) is 12.1 Å². The molecule has 0 aliphatic heterocycles. The average Bonchev–Trinajstić information content (AvgIpc) is 2.03. The van der Waals surface area contributed by atoms with Crippen LogP contribution in [0.4, 0.5) is 0 Å². The van der Waals surface area contributed by atoms with Crippen molar-refractivity contribution in [1.82, 2.24) is 0 Å². The maximum absolute atomic E-state index is 4.30. The highest BCUT2D eigenvalue weighted by molar-refractivity contribution is 14.1. The SMILES string of the molecule is CC(C)N=Cc1ccc(I)cc1.